The number of hydrogen-bond donors (Lipinski definition) is 1. The van der Waals surface area contributed by atoms with Crippen LogP contribution in [0.5, 0.6) is 0 Å². The summed E-state index contributed by atoms with van der Waals surface area (Å²) >= 11 is 0. The van der Waals surface area contributed by atoms with Gasteiger partial charge in [0.25, 0.3) is 11.8 Å². The Balaban J connectivity index is 1.54. The number of nitrogens with one attached hydrogen (secondary N) is 1. The van der Waals surface area contributed by atoms with Crippen molar-refractivity contribution in [1.82, 2.24) is 4.98 Å². The van der Waals surface area contributed by atoms with Crippen LogP contribution in [-0.4, -0.2) is 37.4 Å². The molecule has 0 radical (unpaired) electrons. The van der Waals surface area contributed by atoms with Gasteiger partial charge in [-0.15, -0.1) is 0 Å². The van der Waals surface area contributed by atoms with E-state index in [0.717, 1.165) is 17.7 Å². The Morgan fingerprint density at radius 2 is 1.83 bits per heavy atom. The van der Waals surface area contributed by atoms with Gasteiger partial charge >= 0.3 is 0 Å². The quantitative estimate of drug-likeness (QED) is 0.744. The van der Waals surface area contributed by atoms with Crippen molar-refractivity contribution in [3.05, 3.63) is 83.6 Å². The lowest BCUT2D eigenvalue weighted by atomic mass is 10.1. The Kier molecular flexibility index (Phi) is 4.99. The molecule has 0 aliphatic carbocycles. The highest BCUT2D eigenvalue weighted by Gasteiger charge is 2.26. The molecule has 1 aromatic heterocycles. The minimum atomic E-state index is -0.211. The lowest BCUT2D eigenvalue weighted by molar-refractivity contribution is 0.0987. The zero-order valence-corrected chi connectivity index (χ0v) is 16.4. The Hall–Kier alpha value is -3.67. The molecule has 6 nitrogen and oxygen atoms in total. The van der Waals surface area contributed by atoms with E-state index < -0.39 is 0 Å². The van der Waals surface area contributed by atoms with Crippen LogP contribution in [0.1, 0.15) is 26.3 Å². The Morgan fingerprint density at radius 1 is 1.03 bits per heavy atom. The number of aromatic nitrogens is 1. The minimum absolute atomic E-state index is 0.00730. The first-order valence-electron chi connectivity index (χ1n) is 9.48. The summed E-state index contributed by atoms with van der Waals surface area (Å²) in [6.45, 7) is 0.633. The van der Waals surface area contributed by atoms with E-state index in [9.17, 15) is 9.59 Å². The standard InChI is InChI=1S/C23H22N4O2/c1-26(2)21-19(9-6-13-24-21)22(28)25-18-10-11-20-17(15-18)12-14-27(20)23(29)16-7-4-3-5-8-16/h3-11,13,15H,12,14H2,1-2H3,(H,25,28). The molecular weight excluding hydrogens is 364 g/mol. The predicted molar refractivity (Wildman–Crippen MR) is 115 cm³/mol. The largest absolute Gasteiger partial charge is 0.362 e. The van der Waals surface area contributed by atoms with Crippen LogP contribution in [0.2, 0.25) is 0 Å². The van der Waals surface area contributed by atoms with Crippen molar-refractivity contribution < 1.29 is 9.59 Å². The molecule has 0 bridgehead atoms. The zero-order valence-electron chi connectivity index (χ0n) is 16.4. The van der Waals surface area contributed by atoms with Crippen LogP contribution in [0.15, 0.2) is 66.9 Å². The van der Waals surface area contributed by atoms with E-state index in [4.69, 9.17) is 0 Å². The van der Waals surface area contributed by atoms with Crippen LogP contribution >= 0.6 is 0 Å². The van der Waals surface area contributed by atoms with Crippen molar-refractivity contribution >= 4 is 29.0 Å². The van der Waals surface area contributed by atoms with Crippen molar-refractivity contribution in [3.8, 4) is 0 Å². The van der Waals surface area contributed by atoms with Crippen LogP contribution in [0.3, 0.4) is 0 Å². The first kappa shape index (κ1) is 18.7. The van der Waals surface area contributed by atoms with Crippen LogP contribution in [-0.2, 0) is 6.42 Å². The molecule has 1 aliphatic rings. The Labute approximate surface area is 169 Å². The van der Waals surface area contributed by atoms with Gasteiger partial charge in [0.1, 0.15) is 5.82 Å². The fourth-order valence-corrected chi connectivity index (χ4v) is 3.56. The highest BCUT2D eigenvalue weighted by atomic mass is 16.2. The van der Waals surface area contributed by atoms with Crippen LogP contribution in [0.4, 0.5) is 17.2 Å². The van der Waals surface area contributed by atoms with Crippen molar-refractivity contribution in [3.63, 3.8) is 0 Å². The minimum Gasteiger partial charge on any atom is -0.362 e. The Morgan fingerprint density at radius 3 is 2.59 bits per heavy atom. The first-order chi connectivity index (χ1) is 14.0. The van der Waals surface area contributed by atoms with Gasteiger partial charge in [-0.3, -0.25) is 9.59 Å². The summed E-state index contributed by atoms with van der Waals surface area (Å²) in [5, 5.41) is 2.95. The van der Waals surface area contributed by atoms with Crippen molar-refractivity contribution in [2.75, 3.05) is 35.8 Å². The average molecular weight is 386 g/mol. The molecule has 2 aromatic carbocycles. The third kappa shape index (κ3) is 3.69. The molecule has 6 heteroatoms. The van der Waals surface area contributed by atoms with Crippen molar-refractivity contribution in [1.29, 1.82) is 0 Å². The molecule has 2 amide bonds. The number of amides is 2. The topological polar surface area (TPSA) is 65.5 Å². The van der Waals surface area contributed by atoms with E-state index in [1.54, 1.807) is 23.2 Å². The highest BCUT2D eigenvalue weighted by molar-refractivity contribution is 6.09. The average Bonchev–Trinajstić information content (AvgIpc) is 3.17. The molecule has 0 fully saturated rings. The van der Waals surface area contributed by atoms with Crippen molar-refractivity contribution in [2.45, 2.75) is 6.42 Å². The molecule has 2 heterocycles. The fourth-order valence-electron chi connectivity index (χ4n) is 3.56. The monoisotopic (exact) mass is 386 g/mol. The number of pyridine rings is 1. The van der Waals surface area contributed by atoms with E-state index in [1.165, 1.54) is 0 Å². The van der Waals surface area contributed by atoms with Gasteiger partial charge in [0, 0.05) is 43.8 Å². The molecule has 0 spiro atoms. The lowest BCUT2D eigenvalue weighted by Crippen LogP contribution is -2.28. The molecule has 0 saturated heterocycles. The summed E-state index contributed by atoms with van der Waals surface area (Å²) in [5.41, 5.74) is 3.83. The Bertz CT molecular complexity index is 1060. The van der Waals surface area contributed by atoms with E-state index in [2.05, 4.69) is 10.3 Å². The normalized spacial score (nSPS) is 12.4. The number of fused-ring (bicyclic) bond motifs is 1. The van der Waals surface area contributed by atoms with Gasteiger partial charge in [-0.2, -0.15) is 0 Å². The summed E-state index contributed by atoms with van der Waals surface area (Å²) in [5.74, 6) is 0.398. The second-order valence-electron chi connectivity index (χ2n) is 7.14. The number of hydrogen-bond acceptors (Lipinski definition) is 4. The molecule has 0 atom stereocenters. The summed E-state index contributed by atoms with van der Waals surface area (Å²) in [4.78, 5) is 33.4. The number of benzene rings is 2. The van der Waals surface area contributed by atoms with Gasteiger partial charge in [-0.05, 0) is 54.4 Å². The van der Waals surface area contributed by atoms with Gasteiger partial charge in [0.05, 0.1) is 5.56 Å². The first-order valence-corrected chi connectivity index (χ1v) is 9.48. The maximum atomic E-state index is 12.8. The van der Waals surface area contributed by atoms with Gasteiger partial charge in [0.15, 0.2) is 0 Å². The number of rotatable bonds is 4. The smallest absolute Gasteiger partial charge is 0.259 e. The third-order valence-corrected chi connectivity index (χ3v) is 4.95. The number of carbonyl (C=O) groups is 2. The fraction of sp³-hybridized carbons (Fsp3) is 0.174. The highest BCUT2D eigenvalue weighted by Crippen LogP contribution is 2.32. The summed E-state index contributed by atoms with van der Waals surface area (Å²) in [7, 11) is 3.71. The molecule has 3 aromatic rings. The number of anilines is 3. The molecule has 1 N–H and O–H groups in total. The summed E-state index contributed by atoms with van der Waals surface area (Å²) in [6.07, 6.45) is 2.42. The predicted octanol–water partition coefficient (Wildman–Crippen LogP) is 3.60. The maximum Gasteiger partial charge on any atom is 0.259 e. The second kappa shape index (κ2) is 7.75. The van der Waals surface area contributed by atoms with E-state index in [1.807, 2.05) is 67.5 Å². The molecule has 4 rings (SSSR count). The summed E-state index contributed by atoms with van der Waals surface area (Å²) < 4.78 is 0. The number of carbonyl (C=O) groups excluding carboxylic acids is 2. The molecule has 1 aliphatic heterocycles. The zero-order chi connectivity index (χ0) is 20.4. The maximum absolute atomic E-state index is 12.8. The van der Waals surface area contributed by atoms with E-state index in [0.29, 0.717) is 29.2 Å². The van der Waals surface area contributed by atoms with Gasteiger partial charge in [0.2, 0.25) is 0 Å². The lowest BCUT2D eigenvalue weighted by Gasteiger charge is -2.18. The van der Waals surface area contributed by atoms with E-state index in [-0.39, 0.29) is 11.8 Å². The van der Waals surface area contributed by atoms with Crippen LogP contribution in [0, 0.1) is 0 Å². The second-order valence-corrected chi connectivity index (χ2v) is 7.14. The summed E-state index contributed by atoms with van der Waals surface area (Å²) in [6, 6.07) is 18.4. The van der Waals surface area contributed by atoms with Gasteiger partial charge in [-0.1, -0.05) is 18.2 Å². The van der Waals surface area contributed by atoms with Gasteiger partial charge in [-0.25, -0.2) is 4.98 Å². The van der Waals surface area contributed by atoms with Crippen LogP contribution < -0.4 is 15.1 Å². The number of nitrogens with zero attached hydrogens (tertiary/aromatic N) is 3. The van der Waals surface area contributed by atoms with Gasteiger partial charge < -0.3 is 15.1 Å². The third-order valence-electron chi connectivity index (χ3n) is 4.95. The SMILES string of the molecule is CN(C)c1ncccc1C(=O)Nc1ccc2c(c1)CCN2C(=O)c1ccccc1. The van der Waals surface area contributed by atoms with Crippen molar-refractivity contribution in [2.24, 2.45) is 0 Å². The van der Waals surface area contributed by atoms with E-state index >= 15 is 0 Å². The molecule has 146 valence electrons. The molecule has 29 heavy (non-hydrogen) atoms. The molecule has 0 saturated carbocycles. The molecular formula is C23H22N4O2. The molecule has 0 unspecified atom stereocenters. The van der Waals surface area contributed by atoms with Crippen LogP contribution in [0.25, 0.3) is 0 Å².